The van der Waals surface area contributed by atoms with E-state index in [9.17, 15) is 17.6 Å². The highest BCUT2D eigenvalue weighted by atomic mass is 79.9. The Morgan fingerprint density at radius 1 is 1.43 bits per heavy atom. The van der Waals surface area contributed by atoms with Crippen molar-refractivity contribution in [2.75, 3.05) is 0 Å². The van der Waals surface area contributed by atoms with Gasteiger partial charge < -0.3 is 4.74 Å². The molecule has 0 N–H and O–H groups in total. The van der Waals surface area contributed by atoms with Crippen molar-refractivity contribution in [3.63, 3.8) is 0 Å². The van der Waals surface area contributed by atoms with Crippen molar-refractivity contribution >= 4 is 27.5 Å². The number of hydrogen-bond acceptors (Lipinski definition) is 2. The number of pyridine rings is 1. The SMILES string of the molecule is Fc1c(Cl)cnc(OC(F)(F)F)c1Br. The molecule has 0 saturated carbocycles. The van der Waals surface area contributed by atoms with E-state index in [1.807, 2.05) is 0 Å². The average Bonchev–Trinajstić information content (AvgIpc) is 2.04. The summed E-state index contributed by atoms with van der Waals surface area (Å²) in [6, 6.07) is 0. The fourth-order valence-corrected chi connectivity index (χ4v) is 1.26. The van der Waals surface area contributed by atoms with Crippen molar-refractivity contribution in [3.05, 3.63) is 21.5 Å². The second-order valence-electron chi connectivity index (χ2n) is 2.09. The van der Waals surface area contributed by atoms with Crippen LogP contribution in [0.2, 0.25) is 5.02 Å². The molecule has 0 aliphatic heterocycles. The molecule has 0 aromatic carbocycles. The summed E-state index contributed by atoms with van der Waals surface area (Å²) >= 11 is 7.79. The zero-order valence-corrected chi connectivity index (χ0v) is 8.54. The molecule has 0 unspecified atom stereocenters. The van der Waals surface area contributed by atoms with Crippen LogP contribution in [0, 0.1) is 5.82 Å². The van der Waals surface area contributed by atoms with E-state index < -0.39 is 27.6 Å². The molecule has 2 nitrogen and oxygen atoms in total. The van der Waals surface area contributed by atoms with Crippen LogP contribution >= 0.6 is 27.5 Å². The monoisotopic (exact) mass is 293 g/mol. The number of halogens is 6. The predicted octanol–water partition coefficient (Wildman–Crippen LogP) is 3.54. The summed E-state index contributed by atoms with van der Waals surface area (Å²) in [6.45, 7) is 0. The van der Waals surface area contributed by atoms with E-state index in [0.29, 0.717) is 0 Å². The summed E-state index contributed by atoms with van der Waals surface area (Å²) in [6.07, 6.45) is -4.20. The first-order chi connectivity index (χ1) is 6.31. The van der Waals surface area contributed by atoms with Gasteiger partial charge in [0.15, 0.2) is 5.82 Å². The third kappa shape index (κ3) is 2.71. The molecule has 0 spiro atoms. The molecule has 0 aliphatic carbocycles. The number of ether oxygens (including phenoxy) is 1. The van der Waals surface area contributed by atoms with Gasteiger partial charge >= 0.3 is 6.36 Å². The molecule has 0 saturated heterocycles. The molecule has 78 valence electrons. The van der Waals surface area contributed by atoms with E-state index in [-0.39, 0.29) is 0 Å². The Hall–Kier alpha value is -0.560. The molecule has 0 bridgehead atoms. The van der Waals surface area contributed by atoms with Gasteiger partial charge in [-0.2, -0.15) is 0 Å². The highest BCUT2D eigenvalue weighted by Crippen LogP contribution is 2.32. The molecule has 8 heteroatoms. The quantitative estimate of drug-likeness (QED) is 0.739. The van der Waals surface area contributed by atoms with Gasteiger partial charge in [-0.1, -0.05) is 11.6 Å². The van der Waals surface area contributed by atoms with Crippen LogP contribution < -0.4 is 4.74 Å². The first-order valence-corrected chi connectivity index (χ1v) is 4.23. The summed E-state index contributed by atoms with van der Waals surface area (Å²) in [4.78, 5) is 3.16. The number of hydrogen-bond donors (Lipinski definition) is 0. The number of nitrogens with zero attached hydrogens (tertiary/aromatic N) is 1. The second kappa shape index (κ2) is 3.90. The van der Waals surface area contributed by atoms with Gasteiger partial charge in [0.05, 0.1) is 11.2 Å². The van der Waals surface area contributed by atoms with Crippen LogP contribution in [0.1, 0.15) is 0 Å². The van der Waals surface area contributed by atoms with Crippen LogP contribution in [0.5, 0.6) is 5.88 Å². The highest BCUT2D eigenvalue weighted by Gasteiger charge is 2.33. The Balaban J connectivity index is 3.06. The fourth-order valence-electron chi connectivity index (χ4n) is 0.608. The molecular weight excluding hydrogens is 293 g/mol. The fraction of sp³-hybridized carbons (Fsp3) is 0.167. The predicted molar refractivity (Wildman–Crippen MR) is 43.6 cm³/mol. The maximum atomic E-state index is 12.9. The highest BCUT2D eigenvalue weighted by molar-refractivity contribution is 9.10. The molecule has 0 atom stereocenters. The lowest BCUT2D eigenvalue weighted by Gasteiger charge is -2.09. The smallest absolute Gasteiger partial charge is 0.387 e. The molecule has 0 amide bonds. The van der Waals surface area contributed by atoms with Crippen molar-refractivity contribution < 1.29 is 22.3 Å². The molecule has 1 heterocycles. The lowest BCUT2D eigenvalue weighted by Crippen LogP contribution is -2.18. The van der Waals surface area contributed by atoms with Crippen LogP contribution in [0.3, 0.4) is 0 Å². The Morgan fingerprint density at radius 3 is 2.50 bits per heavy atom. The largest absolute Gasteiger partial charge is 0.574 e. The molecule has 0 radical (unpaired) electrons. The van der Waals surface area contributed by atoms with Crippen molar-refractivity contribution in [2.45, 2.75) is 6.36 Å². The van der Waals surface area contributed by atoms with Gasteiger partial charge in [0.2, 0.25) is 5.88 Å². The van der Waals surface area contributed by atoms with Gasteiger partial charge in [0.1, 0.15) is 4.47 Å². The topological polar surface area (TPSA) is 22.1 Å². The molecule has 1 aromatic heterocycles. The molecular formula is C6HBrClF4NO. The lowest BCUT2D eigenvalue weighted by atomic mass is 10.4. The normalized spacial score (nSPS) is 11.6. The summed E-state index contributed by atoms with van der Waals surface area (Å²) in [7, 11) is 0. The van der Waals surface area contributed by atoms with Crippen molar-refractivity contribution in [3.8, 4) is 5.88 Å². The average molecular weight is 294 g/mol. The summed E-state index contributed by atoms with van der Waals surface area (Å²) in [5, 5.41) is -0.397. The minimum atomic E-state index is -4.92. The van der Waals surface area contributed by atoms with E-state index in [0.717, 1.165) is 6.20 Å². The van der Waals surface area contributed by atoms with Crippen LogP contribution in [0.15, 0.2) is 10.7 Å². The summed E-state index contributed by atoms with van der Waals surface area (Å²) in [5.74, 6) is -1.97. The van der Waals surface area contributed by atoms with Crippen LogP contribution in [-0.4, -0.2) is 11.3 Å². The Kier molecular flexibility index (Phi) is 3.20. The number of alkyl halides is 3. The van der Waals surface area contributed by atoms with Crippen LogP contribution in [0.4, 0.5) is 17.6 Å². The van der Waals surface area contributed by atoms with Gasteiger partial charge in [0.25, 0.3) is 0 Å². The Labute approximate surface area is 89.0 Å². The summed E-state index contributed by atoms with van der Waals surface area (Å²) in [5.41, 5.74) is 0. The van der Waals surface area contributed by atoms with E-state index in [1.165, 1.54) is 0 Å². The van der Waals surface area contributed by atoms with Crippen molar-refractivity contribution in [1.29, 1.82) is 0 Å². The molecule has 14 heavy (non-hydrogen) atoms. The van der Waals surface area contributed by atoms with E-state index in [4.69, 9.17) is 11.6 Å². The van der Waals surface area contributed by atoms with Gasteiger partial charge in [-0.05, 0) is 15.9 Å². The first kappa shape index (κ1) is 11.5. The third-order valence-corrected chi connectivity index (χ3v) is 2.05. The van der Waals surface area contributed by atoms with Gasteiger partial charge in [-0.25, -0.2) is 9.37 Å². The maximum absolute atomic E-state index is 12.9. The minimum Gasteiger partial charge on any atom is -0.387 e. The maximum Gasteiger partial charge on any atom is 0.574 e. The van der Waals surface area contributed by atoms with Gasteiger partial charge in [-0.15, -0.1) is 13.2 Å². The molecule has 0 fully saturated rings. The van der Waals surface area contributed by atoms with Crippen LogP contribution in [0.25, 0.3) is 0 Å². The van der Waals surface area contributed by atoms with Gasteiger partial charge in [-0.3, -0.25) is 0 Å². The number of rotatable bonds is 1. The summed E-state index contributed by atoms with van der Waals surface area (Å²) < 4.78 is 50.9. The van der Waals surface area contributed by atoms with Crippen LogP contribution in [-0.2, 0) is 0 Å². The Morgan fingerprint density at radius 2 is 2.00 bits per heavy atom. The second-order valence-corrected chi connectivity index (χ2v) is 3.29. The van der Waals surface area contributed by atoms with E-state index in [2.05, 4.69) is 25.7 Å². The number of aromatic nitrogens is 1. The van der Waals surface area contributed by atoms with Gasteiger partial charge in [0, 0.05) is 0 Å². The zero-order valence-electron chi connectivity index (χ0n) is 6.20. The Bertz CT molecular complexity index is 356. The van der Waals surface area contributed by atoms with Crippen molar-refractivity contribution in [2.24, 2.45) is 0 Å². The van der Waals surface area contributed by atoms with E-state index in [1.54, 1.807) is 0 Å². The lowest BCUT2D eigenvalue weighted by molar-refractivity contribution is -0.276. The molecule has 1 aromatic rings. The molecule has 0 aliphatic rings. The minimum absolute atomic E-state index is 0.397. The standard InChI is InChI=1S/C6HBrClF4NO/c7-3-4(9)2(8)1-13-5(3)14-6(10,11)12/h1H. The molecule has 1 rings (SSSR count). The van der Waals surface area contributed by atoms with E-state index >= 15 is 0 Å². The third-order valence-electron chi connectivity index (χ3n) is 1.10. The zero-order chi connectivity index (χ0) is 10.9. The first-order valence-electron chi connectivity index (χ1n) is 3.06. The van der Waals surface area contributed by atoms with Crippen molar-refractivity contribution in [1.82, 2.24) is 4.98 Å².